The van der Waals surface area contributed by atoms with Gasteiger partial charge in [-0.15, -0.1) is 24.0 Å². The molecule has 1 saturated heterocycles. The number of nitrogens with two attached hydrogens (primary N) is 1. The molecule has 1 aromatic rings. The number of hydrogen-bond acceptors (Lipinski definition) is 5. The Morgan fingerprint density at radius 1 is 1.22 bits per heavy atom. The van der Waals surface area contributed by atoms with Crippen LogP contribution in [-0.2, 0) is 14.8 Å². The van der Waals surface area contributed by atoms with Gasteiger partial charge in [0, 0.05) is 39.3 Å². The molecule has 10 heteroatoms. The van der Waals surface area contributed by atoms with E-state index < -0.39 is 10.0 Å². The van der Waals surface area contributed by atoms with Crippen LogP contribution in [0.5, 0.6) is 0 Å². The van der Waals surface area contributed by atoms with E-state index in [1.165, 1.54) is 0 Å². The first-order valence-electron chi connectivity index (χ1n) is 8.87. The molecule has 154 valence electrons. The third kappa shape index (κ3) is 9.19. The maximum absolute atomic E-state index is 12.1. The van der Waals surface area contributed by atoms with E-state index in [4.69, 9.17) is 10.5 Å². The van der Waals surface area contributed by atoms with Crippen molar-refractivity contribution in [1.82, 2.24) is 14.9 Å². The molecule has 0 aromatic heterocycles. The van der Waals surface area contributed by atoms with E-state index in [9.17, 15) is 8.42 Å². The molecule has 27 heavy (non-hydrogen) atoms. The van der Waals surface area contributed by atoms with E-state index in [0.717, 1.165) is 44.8 Å². The van der Waals surface area contributed by atoms with Crippen molar-refractivity contribution in [3.63, 3.8) is 0 Å². The minimum absolute atomic E-state index is 0. The number of rotatable bonds is 9. The Bertz CT molecular complexity index is 676. The molecule has 8 nitrogen and oxygen atoms in total. The molecule has 0 radical (unpaired) electrons. The Balaban J connectivity index is 0.00000364. The molecule has 0 unspecified atom stereocenters. The summed E-state index contributed by atoms with van der Waals surface area (Å²) >= 11 is 0. The molecule has 1 aliphatic heterocycles. The summed E-state index contributed by atoms with van der Waals surface area (Å²) in [6.07, 6.45) is 0.933. The maximum atomic E-state index is 12.1. The SMILES string of the molecule is Cc1ccc(S(=O)(=O)NCCNC(N)=NCCCN2CCOCC2)cc1.I. The zero-order valence-electron chi connectivity index (χ0n) is 15.7. The van der Waals surface area contributed by atoms with E-state index in [0.29, 0.717) is 19.0 Å². The summed E-state index contributed by atoms with van der Waals surface area (Å²) < 4.78 is 32.1. The number of nitrogens with one attached hydrogen (secondary N) is 2. The summed E-state index contributed by atoms with van der Waals surface area (Å²) in [6, 6.07) is 6.73. The second kappa shape index (κ2) is 12.5. The lowest BCUT2D eigenvalue weighted by atomic mass is 10.2. The number of halogens is 1. The van der Waals surface area contributed by atoms with Crippen LogP contribution in [0.15, 0.2) is 34.2 Å². The van der Waals surface area contributed by atoms with Crippen LogP contribution in [0.3, 0.4) is 0 Å². The number of sulfonamides is 1. The molecule has 2 rings (SSSR count). The number of guanidine groups is 1. The van der Waals surface area contributed by atoms with Crippen molar-refractivity contribution in [3.05, 3.63) is 29.8 Å². The van der Waals surface area contributed by atoms with Crippen LogP contribution >= 0.6 is 24.0 Å². The van der Waals surface area contributed by atoms with Gasteiger partial charge in [-0.1, -0.05) is 17.7 Å². The number of hydrogen-bond donors (Lipinski definition) is 3. The van der Waals surface area contributed by atoms with Gasteiger partial charge in [0.2, 0.25) is 10.0 Å². The van der Waals surface area contributed by atoms with E-state index in [2.05, 4.69) is 19.9 Å². The molecule has 0 bridgehead atoms. The summed E-state index contributed by atoms with van der Waals surface area (Å²) in [6.45, 7) is 7.69. The van der Waals surface area contributed by atoms with E-state index in [1.54, 1.807) is 24.3 Å². The Kier molecular flexibility index (Phi) is 11.1. The van der Waals surface area contributed by atoms with Gasteiger partial charge in [-0.2, -0.15) is 0 Å². The van der Waals surface area contributed by atoms with Gasteiger partial charge in [-0.3, -0.25) is 9.89 Å². The molecular formula is C17H30IN5O3S. The first-order valence-corrected chi connectivity index (χ1v) is 10.4. The van der Waals surface area contributed by atoms with Crippen molar-refractivity contribution in [2.45, 2.75) is 18.2 Å². The monoisotopic (exact) mass is 511 g/mol. The standard InChI is InChI=1S/C17H29N5O3S.HI/c1-15-3-5-16(6-4-15)26(23,24)21-9-8-20-17(18)19-7-2-10-22-11-13-25-14-12-22;/h3-6,21H,2,7-14H2,1H3,(H3,18,19,20);1H. The minimum atomic E-state index is -3.49. The van der Waals surface area contributed by atoms with Gasteiger partial charge in [0.05, 0.1) is 18.1 Å². The van der Waals surface area contributed by atoms with E-state index in [-0.39, 0.29) is 35.4 Å². The minimum Gasteiger partial charge on any atom is -0.379 e. The predicted octanol–water partition coefficient (Wildman–Crippen LogP) is 0.518. The Hall–Kier alpha value is -0.950. The van der Waals surface area contributed by atoms with Gasteiger partial charge in [-0.05, 0) is 25.5 Å². The number of benzene rings is 1. The second-order valence-corrected chi connectivity index (χ2v) is 7.98. The van der Waals surface area contributed by atoms with Crippen molar-refractivity contribution in [3.8, 4) is 0 Å². The summed E-state index contributed by atoms with van der Waals surface area (Å²) in [4.78, 5) is 6.87. The molecule has 4 N–H and O–H groups in total. The normalized spacial score (nSPS) is 16.0. The van der Waals surface area contributed by atoms with Gasteiger partial charge in [0.15, 0.2) is 5.96 Å². The van der Waals surface area contributed by atoms with Crippen LogP contribution in [0, 0.1) is 6.92 Å². The number of morpholine rings is 1. The Morgan fingerprint density at radius 3 is 2.56 bits per heavy atom. The molecule has 0 amide bonds. The third-order valence-corrected chi connectivity index (χ3v) is 5.55. The van der Waals surface area contributed by atoms with Crippen LogP contribution in [0.25, 0.3) is 0 Å². The van der Waals surface area contributed by atoms with Crippen LogP contribution < -0.4 is 15.8 Å². The quantitative estimate of drug-likeness (QED) is 0.193. The van der Waals surface area contributed by atoms with Crippen molar-refractivity contribution in [2.75, 3.05) is 52.5 Å². The molecule has 0 saturated carbocycles. The topological polar surface area (TPSA) is 109 Å². The fourth-order valence-electron chi connectivity index (χ4n) is 2.55. The van der Waals surface area contributed by atoms with Crippen LogP contribution in [0.2, 0.25) is 0 Å². The van der Waals surface area contributed by atoms with Crippen LogP contribution in [0.1, 0.15) is 12.0 Å². The molecular weight excluding hydrogens is 481 g/mol. The fraction of sp³-hybridized carbons (Fsp3) is 0.588. The van der Waals surface area contributed by atoms with E-state index >= 15 is 0 Å². The summed E-state index contributed by atoms with van der Waals surface area (Å²) in [5.41, 5.74) is 6.82. The summed E-state index contributed by atoms with van der Waals surface area (Å²) in [7, 11) is -3.49. The molecule has 0 atom stereocenters. The predicted molar refractivity (Wildman–Crippen MR) is 118 cm³/mol. The van der Waals surface area contributed by atoms with Gasteiger partial charge in [-0.25, -0.2) is 13.1 Å². The first kappa shape index (κ1) is 24.1. The Morgan fingerprint density at radius 2 is 1.89 bits per heavy atom. The molecule has 0 spiro atoms. The van der Waals surface area contributed by atoms with Crippen molar-refractivity contribution >= 4 is 40.0 Å². The lowest BCUT2D eigenvalue weighted by molar-refractivity contribution is 0.0377. The highest BCUT2D eigenvalue weighted by atomic mass is 127. The second-order valence-electron chi connectivity index (χ2n) is 6.21. The smallest absolute Gasteiger partial charge is 0.240 e. The largest absolute Gasteiger partial charge is 0.379 e. The zero-order valence-corrected chi connectivity index (χ0v) is 18.8. The van der Waals surface area contributed by atoms with Crippen molar-refractivity contribution in [1.29, 1.82) is 0 Å². The van der Waals surface area contributed by atoms with Crippen LogP contribution in [0.4, 0.5) is 0 Å². The highest BCUT2D eigenvalue weighted by Crippen LogP contribution is 2.09. The number of nitrogens with zero attached hydrogens (tertiary/aromatic N) is 2. The van der Waals surface area contributed by atoms with Gasteiger partial charge in [0.25, 0.3) is 0 Å². The zero-order chi connectivity index (χ0) is 18.8. The average molecular weight is 511 g/mol. The lowest BCUT2D eigenvalue weighted by Gasteiger charge is -2.26. The summed E-state index contributed by atoms with van der Waals surface area (Å²) in [5, 5.41) is 2.92. The Labute approximate surface area is 179 Å². The maximum Gasteiger partial charge on any atom is 0.240 e. The van der Waals surface area contributed by atoms with E-state index in [1.807, 2.05) is 6.92 Å². The fourth-order valence-corrected chi connectivity index (χ4v) is 3.58. The third-order valence-electron chi connectivity index (χ3n) is 4.07. The van der Waals surface area contributed by atoms with Gasteiger partial charge < -0.3 is 15.8 Å². The highest BCUT2D eigenvalue weighted by molar-refractivity contribution is 14.0. The lowest BCUT2D eigenvalue weighted by Crippen LogP contribution is -2.39. The first-order chi connectivity index (χ1) is 12.5. The molecule has 1 aromatic carbocycles. The molecule has 0 aliphatic carbocycles. The van der Waals surface area contributed by atoms with Gasteiger partial charge >= 0.3 is 0 Å². The van der Waals surface area contributed by atoms with Gasteiger partial charge in [0.1, 0.15) is 0 Å². The number of aliphatic imine (C=N–C) groups is 1. The number of ether oxygens (including phenoxy) is 1. The van der Waals surface area contributed by atoms with Crippen molar-refractivity contribution in [2.24, 2.45) is 10.7 Å². The molecule has 1 heterocycles. The molecule has 1 fully saturated rings. The highest BCUT2D eigenvalue weighted by Gasteiger charge is 2.12. The average Bonchev–Trinajstić information content (AvgIpc) is 2.64. The van der Waals surface area contributed by atoms with Crippen molar-refractivity contribution < 1.29 is 13.2 Å². The number of aryl methyl sites for hydroxylation is 1. The molecule has 1 aliphatic rings. The van der Waals surface area contributed by atoms with Crippen LogP contribution in [-0.4, -0.2) is 71.8 Å². The summed E-state index contributed by atoms with van der Waals surface area (Å²) in [5.74, 6) is 0.335.